The molecule has 1 aromatic carbocycles. The first-order valence-corrected chi connectivity index (χ1v) is 4.84. The molecular formula is C11H9F5O2. The molecule has 0 amide bonds. The number of ether oxygens (including phenoxy) is 1. The molecule has 0 saturated heterocycles. The van der Waals surface area contributed by atoms with E-state index in [-0.39, 0.29) is 5.56 Å². The third-order valence-corrected chi connectivity index (χ3v) is 2.04. The van der Waals surface area contributed by atoms with E-state index in [0.717, 1.165) is 13.0 Å². The minimum atomic E-state index is -4.60. The van der Waals surface area contributed by atoms with Gasteiger partial charge >= 0.3 is 12.8 Å². The quantitative estimate of drug-likeness (QED) is 0.782. The van der Waals surface area contributed by atoms with Crippen LogP contribution >= 0.6 is 0 Å². The van der Waals surface area contributed by atoms with Crippen LogP contribution in [0.15, 0.2) is 18.2 Å². The Morgan fingerprint density at radius 1 is 1.33 bits per heavy atom. The van der Waals surface area contributed by atoms with Crippen LogP contribution in [0.4, 0.5) is 22.0 Å². The van der Waals surface area contributed by atoms with E-state index in [1.807, 2.05) is 0 Å². The molecule has 0 atom stereocenters. The van der Waals surface area contributed by atoms with Gasteiger partial charge in [0.1, 0.15) is 11.5 Å². The number of ketones is 1. The number of hydrogen-bond acceptors (Lipinski definition) is 2. The Bertz CT molecular complexity index is 440. The monoisotopic (exact) mass is 268 g/mol. The largest absolute Gasteiger partial charge is 0.435 e. The van der Waals surface area contributed by atoms with Crippen molar-refractivity contribution in [3.05, 3.63) is 29.3 Å². The smallest absolute Gasteiger partial charge is 0.416 e. The summed E-state index contributed by atoms with van der Waals surface area (Å²) in [6.45, 7) is -2.01. The molecule has 7 heteroatoms. The lowest BCUT2D eigenvalue weighted by Gasteiger charge is -2.13. The van der Waals surface area contributed by atoms with E-state index in [1.165, 1.54) is 0 Å². The summed E-state index contributed by atoms with van der Waals surface area (Å²) in [5, 5.41) is 0. The topological polar surface area (TPSA) is 26.3 Å². The molecule has 1 aromatic rings. The van der Waals surface area contributed by atoms with Crippen LogP contribution in [0.25, 0.3) is 0 Å². The molecule has 0 saturated carbocycles. The van der Waals surface area contributed by atoms with Crippen molar-refractivity contribution in [3.8, 4) is 5.75 Å². The zero-order chi connectivity index (χ0) is 13.9. The van der Waals surface area contributed by atoms with Gasteiger partial charge in [0.15, 0.2) is 0 Å². The molecule has 0 aliphatic carbocycles. The molecule has 0 bridgehead atoms. The van der Waals surface area contributed by atoms with E-state index in [9.17, 15) is 26.7 Å². The number of alkyl halides is 5. The van der Waals surface area contributed by atoms with Crippen molar-refractivity contribution in [2.24, 2.45) is 0 Å². The summed E-state index contributed by atoms with van der Waals surface area (Å²) in [6, 6.07) is 2.05. The van der Waals surface area contributed by atoms with Crippen LogP contribution in [0.5, 0.6) is 5.75 Å². The highest BCUT2D eigenvalue weighted by Crippen LogP contribution is 2.33. The van der Waals surface area contributed by atoms with Crippen LogP contribution in [-0.2, 0) is 17.4 Å². The van der Waals surface area contributed by atoms with E-state index >= 15 is 0 Å². The Kier molecular flexibility index (Phi) is 4.26. The summed E-state index contributed by atoms with van der Waals surface area (Å²) >= 11 is 0. The van der Waals surface area contributed by atoms with Crippen LogP contribution in [0.1, 0.15) is 18.1 Å². The molecule has 0 spiro atoms. The number of carbonyl (C=O) groups is 1. The lowest BCUT2D eigenvalue weighted by atomic mass is 10.0. The number of hydrogen-bond donors (Lipinski definition) is 0. The second-order valence-corrected chi connectivity index (χ2v) is 3.58. The third-order valence-electron chi connectivity index (χ3n) is 2.04. The predicted octanol–water partition coefficient (Wildman–Crippen LogP) is 3.44. The highest BCUT2D eigenvalue weighted by Gasteiger charge is 2.31. The van der Waals surface area contributed by atoms with Gasteiger partial charge in [0.05, 0.1) is 5.56 Å². The molecule has 1 rings (SSSR count). The van der Waals surface area contributed by atoms with Crippen molar-refractivity contribution in [1.29, 1.82) is 0 Å². The Balaban J connectivity index is 3.16. The second-order valence-electron chi connectivity index (χ2n) is 3.58. The summed E-state index contributed by atoms with van der Waals surface area (Å²) in [4.78, 5) is 10.9. The summed E-state index contributed by atoms with van der Waals surface area (Å²) < 4.78 is 65.4. The third kappa shape index (κ3) is 3.97. The molecule has 0 radical (unpaired) electrons. The molecule has 100 valence electrons. The van der Waals surface area contributed by atoms with Crippen molar-refractivity contribution in [1.82, 2.24) is 0 Å². The fourth-order valence-corrected chi connectivity index (χ4v) is 1.37. The molecule has 18 heavy (non-hydrogen) atoms. The van der Waals surface area contributed by atoms with Gasteiger partial charge in [0.25, 0.3) is 0 Å². The Morgan fingerprint density at radius 3 is 2.39 bits per heavy atom. The first-order valence-electron chi connectivity index (χ1n) is 4.84. The minimum absolute atomic E-state index is 0.211. The molecule has 0 aliphatic heterocycles. The number of rotatable bonds is 4. The van der Waals surface area contributed by atoms with Crippen molar-refractivity contribution < 1.29 is 31.5 Å². The molecule has 0 N–H and O–H groups in total. The number of Topliss-reactive ketones (excluding diaryl/α,β-unsaturated/α-hetero) is 1. The maximum Gasteiger partial charge on any atom is 0.416 e. The number of halogens is 5. The standard InChI is InChI=1S/C11H9F5O2/c1-6(17)4-7-5-8(11(14,15)16)2-3-9(7)18-10(12)13/h2-3,5,10H,4H2,1H3. The number of benzene rings is 1. The highest BCUT2D eigenvalue weighted by atomic mass is 19.4. The average molecular weight is 268 g/mol. The van der Waals surface area contributed by atoms with Gasteiger partial charge < -0.3 is 4.74 Å². The molecule has 0 fully saturated rings. The lowest BCUT2D eigenvalue weighted by molar-refractivity contribution is -0.137. The summed E-state index contributed by atoms with van der Waals surface area (Å²) in [7, 11) is 0. The normalized spacial score (nSPS) is 11.7. The fourth-order valence-electron chi connectivity index (χ4n) is 1.37. The van der Waals surface area contributed by atoms with Crippen LogP contribution in [0.3, 0.4) is 0 Å². The van der Waals surface area contributed by atoms with Crippen molar-refractivity contribution in [2.75, 3.05) is 0 Å². The van der Waals surface area contributed by atoms with E-state index in [1.54, 1.807) is 0 Å². The zero-order valence-corrected chi connectivity index (χ0v) is 9.22. The second kappa shape index (κ2) is 5.32. The van der Waals surface area contributed by atoms with Gasteiger partial charge in [-0.1, -0.05) is 0 Å². The molecule has 0 heterocycles. The number of carbonyl (C=O) groups excluding carboxylic acids is 1. The van der Waals surface area contributed by atoms with Crippen LogP contribution < -0.4 is 4.74 Å². The summed E-state index contributed by atoms with van der Waals surface area (Å²) in [5.41, 5.74) is -1.22. The van der Waals surface area contributed by atoms with Gasteiger partial charge in [-0.2, -0.15) is 22.0 Å². The first kappa shape index (κ1) is 14.4. The lowest BCUT2D eigenvalue weighted by Crippen LogP contribution is -2.10. The van der Waals surface area contributed by atoms with Gasteiger partial charge in [-0.3, -0.25) is 4.79 Å². The molecule has 0 aliphatic rings. The Hall–Kier alpha value is -1.66. The van der Waals surface area contributed by atoms with E-state index in [2.05, 4.69) is 4.74 Å². The van der Waals surface area contributed by atoms with Crippen molar-refractivity contribution in [2.45, 2.75) is 26.1 Å². The predicted molar refractivity (Wildman–Crippen MR) is 52.5 cm³/mol. The first-order chi connectivity index (χ1) is 8.20. The maximum atomic E-state index is 12.4. The summed E-state index contributed by atoms with van der Waals surface area (Å²) in [6.07, 6.45) is -5.00. The molecule has 0 unspecified atom stereocenters. The van der Waals surface area contributed by atoms with Crippen molar-refractivity contribution in [3.63, 3.8) is 0 Å². The van der Waals surface area contributed by atoms with Crippen LogP contribution in [0, 0.1) is 0 Å². The van der Waals surface area contributed by atoms with E-state index in [4.69, 9.17) is 0 Å². The van der Waals surface area contributed by atoms with Crippen molar-refractivity contribution >= 4 is 5.78 Å². The van der Waals surface area contributed by atoms with Gasteiger partial charge in [0.2, 0.25) is 0 Å². The minimum Gasteiger partial charge on any atom is -0.435 e. The maximum absolute atomic E-state index is 12.4. The SMILES string of the molecule is CC(=O)Cc1cc(C(F)(F)F)ccc1OC(F)F. The van der Waals surface area contributed by atoms with Crippen LogP contribution in [0.2, 0.25) is 0 Å². The van der Waals surface area contributed by atoms with E-state index in [0.29, 0.717) is 12.1 Å². The van der Waals surface area contributed by atoms with Gasteiger partial charge in [-0.25, -0.2) is 0 Å². The molecule has 0 aromatic heterocycles. The van der Waals surface area contributed by atoms with Gasteiger partial charge in [-0.15, -0.1) is 0 Å². The van der Waals surface area contributed by atoms with Gasteiger partial charge in [0, 0.05) is 12.0 Å². The zero-order valence-electron chi connectivity index (χ0n) is 9.22. The highest BCUT2D eigenvalue weighted by molar-refractivity contribution is 5.79. The van der Waals surface area contributed by atoms with E-state index < -0.39 is 36.3 Å². The average Bonchev–Trinajstić information content (AvgIpc) is 2.17. The molecular weight excluding hydrogens is 259 g/mol. The molecule has 2 nitrogen and oxygen atoms in total. The fraction of sp³-hybridized carbons (Fsp3) is 0.364. The van der Waals surface area contributed by atoms with Gasteiger partial charge in [-0.05, 0) is 25.1 Å². The van der Waals surface area contributed by atoms with Crippen LogP contribution in [-0.4, -0.2) is 12.4 Å². The summed E-state index contributed by atoms with van der Waals surface area (Å²) in [5.74, 6) is -0.873. The Morgan fingerprint density at radius 2 is 1.94 bits per heavy atom. The Labute approximate surface area is 99.4 Å².